The lowest BCUT2D eigenvalue weighted by molar-refractivity contribution is -0.165. The van der Waals surface area contributed by atoms with Crippen molar-refractivity contribution in [2.75, 3.05) is 26.7 Å². The summed E-state index contributed by atoms with van der Waals surface area (Å²) in [5.41, 5.74) is 2.86. The molecule has 1 amide bonds. The Morgan fingerprint density at radius 3 is 2.40 bits per heavy atom. The van der Waals surface area contributed by atoms with Crippen LogP contribution in [0.4, 0.5) is 8.78 Å². The minimum atomic E-state index is -2.27. The highest BCUT2D eigenvalue weighted by atomic mass is 32.1. The van der Waals surface area contributed by atoms with Gasteiger partial charge < -0.3 is 30.5 Å². The third kappa shape index (κ3) is 6.91. The molecule has 1 aromatic carbocycles. The molecule has 2 aliphatic heterocycles. The van der Waals surface area contributed by atoms with Crippen LogP contribution in [-0.4, -0.2) is 91.9 Å². The number of aliphatic carboxylic acids is 2. The van der Waals surface area contributed by atoms with Crippen LogP contribution in [-0.2, 0) is 32.9 Å². The van der Waals surface area contributed by atoms with Crippen LogP contribution in [0.25, 0.3) is 5.69 Å². The Labute approximate surface area is 249 Å². The zero-order valence-electron chi connectivity index (χ0n) is 23.4. The lowest BCUT2D eigenvalue weighted by Crippen LogP contribution is -2.45. The van der Waals surface area contributed by atoms with Gasteiger partial charge in [-0.25, -0.2) is 18.7 Å². The van der Waals surface area contributed by atoms with Gasteiger partial charge in [0.1, 0.15) is 17.1 Å². The number of benzene rings is 1. The maximum absolute atomic E-state index is 14.7. The van der Waals surface area contributed by atoms with Crippen LogP contribution < -0.4 is 5.32 Å². The molecule has 232 valence electrons. The van der Waals surface area contributed by atoms with E-state index in [1.54, 1.807) is 18.3 Å². The molecule has 5 N–H and O–H groups in total. The van der Waals surface area contributed by atoms with Gasteiger partial charge in [-0.2, -0.15) is 9.49 Å². The van der Waals surface area contributed by atoms with Gasteiger partial charge in [0.15, 0.2) is 17.3 Å². The van der Waals surface area contributed by atoms with Crippen molar-refractivity contribution in [1.82, 2.24) is 20.0 Å². The van der Waals surface area contributed by atoms with E-state index >= 15 is 0 Å². The van der Waals surface area contributed by atoms with Gasteiger partial charge in [0.05, 0.1) is 17.9 Å². The van der Waals surface area contributed by atoms with Gasteiger partial charge in [0.25, 0.3) is 5.91 Å². The second-order valence-electron chi connectivity index (χ2n) is 10.2. The Hall–Kier alpha value is -3.76. The number of ether oxygens (including phenoxy) is 1. The van der Waals surface area contributed by atoms with E-state index < -0.39 is 30.0 Å². The van der Waals surface area contributed by atoms with Crippen molar-refractivity contribution in [3.8, 4) is 5.69 Å². The monoisotopic (exact) mass is 622 g/mol. The summed E-state index contributed by atoms with van der Waals surface area (Å²) in [6.45, 7) is 4.81. The minimum absolute atomic E-state index is 0.139. The highest BCUT2D eigenvalue weighted by Gasteiger charge is 2.42. The molecule has 2 aliphatic rings. The number of thiophene rings is 1. The van der Waals surface area contributed by atoms with E-state index in [0.29, 0.717) is 13.2 Å². The number of nitrogens with one attached hydrogen (secondary N) is 1. The molecular formula is C28H32F2N4O8S. The van der Waals surface area contributed by atoms with E-state index in [1.807, 2.05) is 6.92 Å². The largest absolute Gasteiger partial charge is 0.479 e. The molecule has 2 atom stereocenters. The molecular weight excluding hydrogens is 590 g/mol. The number of aliphatic hydroxyl groups excluding tert-OH is 2. The summed E-state index contributed by atoms with van der Waals surface area (Å²) >= 11 is 1.22. The van der Waals surface area contributed by atoms with E-state index in [9.17, 15) is 23.2 Å². The first-order valence-corrected chi connectivity index (χ1v) is 14.2. The maximum atomic E-state index is 14.7. The van der Waals surface area contributed by atoms with Crippen LogP contribution in [0.1, 0.15) is 44.9 Å². The third-order valence-electron chi connectivity index (χ3n) is 7.49. The van der Waals surface area contributed by atoms with Crippen molar-refractivity contribution in [2.45, 2.75) is 50.5 Å². The highest BCUT2D eigenvalue weighted by Crippen LogP contribution is 2.45. The predicted octanol–water partition coefficient (Wildman–Crippen LogP) is 1.82. The first-order chi connectivity index (χ1) is 20.4. The van der Waals surface area contributed by atoms with E-state index in [1.165, 1.54) is 35.2 Å². The molecule has 2 aromatic heterocycles. The summed E-state index contributed by atoms with van der Waals surface area (Å²) in [6.07, 6.45) is -0.347. The van der Waals surface area contributed by atoms with Crippen molar-refractivity contribution in [2.24, 2.45) is 0 Å². The number of carboxylic acids is 2. The molecule has 0 bridgehead atoms. The van der Waals surface area contributed by atoms with Crippen LogP contribution in [0, 0.1) is 17.9 Å². The summed E-state index contributed by atoms with van der Waals surface area (Å²) in [5.74, 6) is -4.40. The Bertz CT molecular complexity index is 1480. The molecule has 3 aromatic rings. The quantitative estimate of drug-likeness (QED) is 0.262. The van der Waals surface area contributed by atoms with E-state index in [-0.39, 0.29) is 27.9 Å². The minimum Gasteiger partial charge on any atom is -0.479 e. The number of hydrogen-bond donors (Lipinski definition) is 5. The van der Waals surface area contributed by atoms with Crippen LogP contribution >= 0.6 is 11.3 Å². The van der Waals surface area contributed by atoms with E-state index in [4.69, 9.17) is 25.2 Å². The third-order valence-corrected chi connectivity index (χ3v) is 8.64. The number of carboxylic acid groups (broad SMARTS) is 2. The van der Waals surface area contributed by atoms with Crippen molar-refractivity contribution in [3.05, 3.63) is 68.7 Å². The molecule has 4 heterocycles. The fraction of sp³-hybridized carbons (Fsp3) is 0.429. The van der Waals surface area contributed by atoms with Crippen molar-refractivity contribution in [1.29, 1.82) is 0 Å². The number of aryl methyl sites for hydroxylation is 1. The lowest BCUT2D eigenvalue weighted by Gasteiger charge is -2.43. The summed E-state index contributed by atoms with van der Waals surface area (Å²) < 4.78 is 36.2. The molecule has 0 aliphatic carbocycles. The number of fused-ring (bicyclic) bond motifs is 2. The molecule has 0 radical (unpaired) electrons. The molecule has 0 saturated carbocycles. The molecule has 43 heavy (non-hydrogen) atoms. The fourth-order valence-electron chi connectivity index (χ4n) is 5.17. The van der Waals surface area contributed by atoms with Gasteiger partial charge in [0, 0.05) is 43.3 Å². The van der Waals surface area contributed by atoms with Crippen molar-refractivity contribution < 1.29 is 48.3 Å². The number of aliphatic hydroxyl groups is 2. The first-order valence-electron chi connectivity index (χ1n) is 13.4. The van der Waals surface area contributed by atoms with Gasteiger partial charge in [-0.1, -0.05) is 6.07 Å². The van der Waals surface area contributed by atoms with Crippen LogP contribution in [0.15, 0.2) is 30.5 Å². The Morgan fingerprint density at radius 1 is 1.14 bits per heavy atom. The number of hydrogen-bond acceptors (Lipinski definition) is 9. The van der Waals surface area contributed by atoms with Gasteiger partial charge in [-0.15, -0.1) is 11.3 Å². The number of carbonyl (C=O) groups excluding carboxylic acids is 1. The van der Waals surface area contributed by atoms with Gasteiger partial charge >= 0.3 is 11.9 Å². The second kappa shape index (κ2) is 13.3. The fourth-order valence-corrected chi connectivity index (χ4v) is 6.31. The number of carbonyl (C=O) groups is 3. The van der Waals surface area contributed by atoms with Crippen molar-refractivity contribution in [3.63, 3.8) is 0 Å². The summed E-state index contributed by atoms with van der Waals surface area (Å²) in [5, 5.41) is 39.4. The van der Waals surface area contributed by atoms with E-state index in [2.05, 4.69) is 15.3 Å². The molecule has 1 fully saturated rings. The standard InChI is InChI=1S/C24H26F2N4O2S.C4H6O6/c1-15-17(14-30(28-15)21-18(23(31)27-2)4-3-5-19(21)25)13-29-9-7-24(8-10-29)22-16(6-11-32-24)12-20(26)33-22;5-1(3(7)8)2(6)4(9)10/h3-5,12,14H,6-11,13H2,1-2H3,(H,27,31);1-2,5-6H,(H,7,8)(H,9,10)/t;1-,2-/m.1/s1. The summed E-state index contributed by atoms with van der Waals surface area (Å²) in [6, 6.07) is 6.09. The molecule has 15 heteroatoms. The lowest BCUT2D eigenvalue weighted by atomic mass is 9.85. The highest BCUT2D eigenvalue weighted by molar-refractivity contribution is 7.10. The molecule has 1 saturated heterocycles. The van der Waals surface area contributed by atoms with Gasteiger partial charge in [-0.3, -0.25) is 9.69 Å². The number of halogens is 2. The Balaban J connectivity index is 0.000000365. The zero-order valence-corrected chi connectivity index (χ0v) is 24.2. The first kappa shape index (κ1) is 32.2. The number of nitrogens with zero attached hydrogens (tertiary/aromatic N) is 3. The van der Waals surface area contributed by atoms with Gasteiger partial charge in [0.2, 0.25) is 0 Å². The average molecular weight is 623 g/mol. The van der Waals surface area contributed by atoms with Gasteiger partial charge in [-0.05, 0) is 49.9 Å². The molecule has 0 unspecified atom stereocenters. The summed E-state index contributed by atoms with van der Waals surface area (Å²) in [4.78, 5) is 35.2. The maximum Gasteiger partial charge on any atom is 0.335 e. The van der Waals surface area contributed by atoms with Crippen molar-refractivity contribution >= 4 is 29.2 Å². The Kier molecular flexibility index (Phi) is 9.92. The average Bonchev–Trinajstić information content (AvgIpc) is 3.55. The summed E-state index contributed by atoms with van der Waals surface area (Å²) in [7, 11) is 1.52. The number of para-hydroxylation sites is 1. The van der Waals surface area contributed by atoms with Crippen LogP contribution in [0.5, 0.6) is 0 Å². The molecule has 5 rings (SSSR count). The van der Waals surface area contributed by atoms with Crippen LogP contribution in [0.3, 0.4) is 0 Å². The number of amides is 1. The predicted molar refractivity (Wildman–Crippen MR) is 149 cm³/mol. The van der Waals surface area contributed by atoms with E-state index in [0.717, 1.165) is 54.0 Å². The normalized spacial score (nSPS) is 17.3. The number of rotatable bonds is 7. The second-order valence-corrected chi connectivity index (χ2v) is 11.2. The SMILES string of the molecule is CNC(=O)c1cccc(F)c1-n1cc(CN2CCC3(CC2)OCCc2cc(F)sc23)c(C)n1.O=C(O)[C@H](O)[C@@H](O)C(=O)O. The Morgan fingerprint density at radius 2 is 1.79 bits per heavy atom. The number of aromatic nitrogens is 2. The smallest absolute Gasteiger partial charge is 0.335 e. The zero-order chi connectivity index (χ0) is 31.5. The number of piperidine rings is 1. The topological polar surface area (TPSA) is 174 Å². The molecule has 1 spiro atoms. The van der Waals surface area contributed by atoms with Crippen LogP contribution in [0.2, 0.25) is 0 Å². The molecule has 12 nitrogen and oxygen atoms in total. The number of likely N-dealkylation sites (tertiary alicyclic amines) is 1.